The van der Waals surface area contributed by atoms with Gasteiger partial charge in [0.1, 0.15) is 12.6 Å². The molecule has 4 heteroatoms. The summed E-state index contributed by atoms with van der Waals surface area (Å²) in [6, 6.07) is 7.34. The highest BCUT2D eigenvalue weighted by Crippen LogP contribution is 2.19. The first-order valence-corrected chi connectivity index (χ1v) is 5.89. The van der Waals surface area contributed by atoms with Gasteiger partial charge in [-0.15, -0.1) is 0 Å². The van der Waals surface area contributed by atoms with Gasteiger partial charge in [-0.25, -0.2) is 0 Å². The van der Waals surface area contributed by atoms with Crippen LogP contribution in [0.15, 0.2) is 24.3 Å². The van der Waals surface area contributed by atoms with Crippen LogP contribution in [0.3, 0.4) is 0 Å². The average Bonchev–Trinajstić information content (AvgIpc) is 2.41. The number of aldehydes is 2. The summed E-state index contributed by atoms with van der Waals surface area (Å²) in [5.74, 6) is -0.341. The van der Waals surface area contributed by atoms with E-state index < -0.39 is 0 Å². The number of amides is 1. The zero-order valence-electron chi connectivity index (χ0n) is 10.4. The molecule has 0 spiro atoms. The van der Waals surface area contributed by atoms with Crippen LogP contribution in [0.4, 0.5) is 0 Å². The summed E-state index contributed by atoms with van der Waals surface area (Å²) in [5.41, 5.74) is 1.80. The third-order valence-corrected chi connectivity index (χ3v) is 2.85. The van der Waals surface area contributed by atoms with Gasteiger partial charge in [-0.1, -0.05) is 24.3 Å². The van der Waals surface area contributed by atoms with Gasteiger partial charge in [-0.05, 0) is 17.5 Å². The summed E-state index contributed by atoms with van der Waals surface area (Å²) in [6.07, 6.45) is 2.91. The predicted octanol–water partition coefficient (Wildman–Crippen LogP) is 1.24. The van der Waals surface area contributed by atoms with Crippen molar-refractivity contribution in [3.8, 4) is 0 Å². The molecule has 1 rings (SSSR count). The van der Waals surface area contributed by atoms with Crippen molar-refractivity contribution in [2.24, 2.45) is 0 Å². The summed E-state index contributed by atoms with van der Waals surface area (Å²) in [5, 5.41) is 2.53. The molecular formula is C14H17NO3. The second-order valence-corrected chi connectivity index (χ2v) is 4.07. The van der Waals surface area contributed by atoms with E-state index in [1.165, 1.54) is 0 Å². The zero-order valence-corrected chi connectivity index (χ0v) is 10.4. The molecule has 1 aromatic carbocycles. The van der Waals surface area contributed by atoms with Gasteiger partial charge < -0.3 is 14.9 Å². The fourth-order valence-corrected chi connectivity index (χ4v) is 1.72. The third kappa shape index (κ3) is 4.13. The standard InChI is InChI=1S/C14H17NO3/c1-15-14(18)7-6-13(10-17)12-4-2-11(3-5-12)8-9-16/h2-5,9-10,13H,6-8H2,1H3,(H,15,18). The van der Waals surface area contributed by atoms with Crippen LogP contribution in [0.25, 0.3) is 0 Å². The second kappa shape index (κ2) is 7.37. The van der Waals surface area contributed by atoms with E-state index in [1.807, 2.05) is 24.3 Å². The molecule has 96 valence electrons. The molecule has 1 atom stereocenters. The maximum Gasteiger partial charge on any atom is 0.219 e. The fourth-order valence-electron chi connectivity index (χ4n) is 1.72. The minimum atomic E-state index is -0.271. The summed E-state index contributed by atoms with van der Waals surface area (Å²) in [4.78, 5) is 32.5. The van der Waals surface area contributed by atoms with Crippen LogP contribution < -0.4 is 5.32 Å². The maximum absolute atomic E-state index is 11.1. The number of benzene rings is 1. The van der Waals surface area contributed by atoms with Gasteiger partial charge >= 0.3 is 0 Å². The van der Waals surface area contributed by atoms with E-state index in [1.54, 1.807) is 7.05 Å². The Morgan fingerprint density at radius 2 is 1.94 bits per heavy atom. The molecule has 0 radical (unpaired) electrons. The highest BCUT2D eigenvalue weighted by molar-refractivity contribution is 5.76. The summed E-state index contributed by atoms with van der Waals surface area (Å²) in [6.45, 7) is 0. The molecular weight excluding hydrogens is 230 g/mol. The van der Waals surface area contributed by atoms with Crippen LogP contribution in [-0.4, -0.2) is 25.5 Å². The van der Waals surface area contributed by atoms with Crippen LogP contribution in [0.2, 0.25) is 0 Å². The Balaban J connectivity index is 2.66. The topological polar surface area (TPSA) is 63.2 Å². The van der Waals surface area contributed by atoms with Gasteiger partial charge in [0.15, 0.2) is 0 Å². The van der Waals surface area contributed by atoms with Crippen LogP contribution in [0.5, 0.6) is 0 Å². The molecule has 18 heavy (non-hydrogen) atoms. The molecule has 0 heterocycles. The number of carbonyl (C=O) groups is 3. The molecule has 1 aromatic rings. The van der Waals surface area contributed by atoms with E-state index in [2.05, 4.69) is 5.32 Å². The lowest BCUT2D eigenvalue weighted by Crippen LogP contribution is -2.18. The second-order valence-electron chi connectivity index (χ2n) is 4.07. The Labute approximate surface area is 106 Å². The van der Waals surface area contributed by atoms with Gasteiger partial charge in [0.05, 0.1) is 0 Å². The van der Waals surface area contributed by atoms with Gasteiger partial charge in [0.2, 0.25) is 5.91 Å². The van der Waals surface area contributed by atoms with Crippen LogP contribution in [0, 0.1) is 0 Å². The summed E-state index contributed by atoms with van der Waals surface area (Å²) in [7, 11) is 1.58. The Kier molecular flexibility index (Phi) is 5.77. The van der Waals surface area contributed by atoms with Gasteiger partial charge in [-0.3, -0.25) is 4.79 Å². The van der Waals surface area contributed by atoms with Crippen molar-refractivity contribution in [1.29, 1.82) is 0 Å². The van der Waals surface area contributed by atoms with Crippen LogP contribution in [-0.2, 0) is 20.8 Å². The average molecular weight is 247 g/mol. The highest BCUT2D eigenvalue weighted by Gasteiger charge is 2.12. The number of nitrogens with one attached hydrogen (secondary N) is 1. The first kappa shape index (κ1) is 14.1. The Bertz CT molecular complexity index is 412. The zero-order chi connectivity index (χ0) is 13.4. The van der Waals surface area contributed by atoms with E-state index in [0.29, 0.717) is 19.3 Å². The van der Waals surface area contributed by atoms with E-state index >= 15 is 0 Å². The van der Waals surface area contributed by atoms with Gasteiger partial charge in [0.25, 0.3) is 0 Å². The van der Waals surface area contributed by atoms with Crippen molar-refractivity contribution < 1.29 is 14.4 Å². The summed E-state index contributed by atoms with van der Waals surface area (Å²) < 4.78 is 0. The third-order valence-electron chi connectivity index (χ3n) is 2.85. The van der Waals surface area contributed by atoms with Crippen molar-refractivity contribution in [1.82, 2.24) is 5.32 Å². The molecule has 0 saturated carbocycles. The molecule has 0 aliphatic rings. The molecule has 0 saturated heterocycles. The quantitative estimate of drug-likeness (QED) is 0.737. The SMILES string of the molecule is CNC(=O)CCC(C=O)c1ccc(CC=O)cc1. The summed E-state index contributed by atoms with van der Waals surface area (Å²) >= 11 is 0. The first-order chi connectivity index (χ1) is 8.71. The lowest BCUT2D eigenvalue weighted by molar-refractivity contribution is -0.120. The first-order valence-electron chi connectivity index (χ1n) is 5.89. The Morgan fingerprint density at radius 3 is 2.44 bits per heavy atom. The minimum Gasteiger partial charge on any atom is -0.359 e. The number of carbonyl (C=O) groups excluding carboxylic acids is 3. The Morgan fingerprint density at radius 1 is 1.28 bits per heavy atom. The van der Waals surface area contributed by atoms with E-state index in [9.17, 15) is 14.4 Å². The van der Waals surface area contributed by atoms with Gasteiger partial charge in [0, 0.05) is 25.8 Å². The molecule has 0 aromatic heterocycles. The molecule has 0 fully saturated rings. The maximum atomic E-state index is 11.1. The van der Waals surface area contributed by atoms with Crippen molar-refractivity contribution >= 4 is 18.5 Å². The highest BCUT2D eigenvalue weighted by atomic mass is 16.1. The minimum absolute atomic E-state index is 0.0700. The van der Waals surface area contributed by atoms with Gasteiger partial charge in [-0.2, -0.15) is 0 Å². The van der Waals surface area contributed by atoms with E-state index in [4.69, 9.17) is 0 Å². The number of hydrogen-bond donors (Lipinski definition) is 1. The van der Waals surface area contributed by atoms with E-state index in [0.717, 1.165) is 23.7 Å². The van der Waals surface area contributed by atoms with Crippen molar-refractivity contribution in [2.75, 3.05) is 7.05 Å². The molecule has 0 bridgehead atoms. The van der Waals surface area contributed by atoms with Crippen molar-refractivity contribution in [3.05, 3.63) is 35.4 Å². The monoisotopic (exact) mass is 247 g/mol. The molecule has 0 aliphatic heterocycles. The largest absolute Gasteiger partial charge is 0.359 e. The predicted molar refractivity (Wildman–Crippen MR) is 68.3 cm³/mol. The normalized spacial score (nSPS) is 11.6. The molecule has 4 nitrogen and oxygen atoms in total. The lowest BCUT2D eigenvalue weighted by atomic mass is 9.94. The fraction of sp³-hybridized carbons (Fsp3) is 0.357. The molecule has 0 aliphatic carbocycles. The lowest BCUT2D eigenvalue weighted by Gasteiger charge is -2.10. The number of rotatable bonds is 7. The van der Waals surface area contributed by atoms with Crippen LogP contribution in [0.1, 0.15) is 29.9 Å². The Hall–Kier alpha value is -1.97. The van der Waals surface area contributed by atoms with Crippen LogP contribution >= 0.6 is 0 Å². The molecule has 1 amide bonds. The molecule has 1 unspecified atom stereocenters. The molecule has 1 N–H and O–H groups in total. The van der Waals surface area contributed by atoms with Crippen molar-refractivity contribution in [2.45, 2.75) is 25.2 Å². The number of hydrogen-bond acceptors (Lipinski definition) is 3. The smallest absolute Gasteiger partial charge is 0.219 e. The van der Waals surface area contributed by atoms with E-state index in [-0.39, 0.29) is 11.8 Å². The van der Waals surface area contributed by atoms with Crippen molar-refractivity contribution in [3.63, 3.8) is 0 Å².